The molecule has 3 fully saturated rings. The zero-order valence-electron chi connectivity index (χ0n) is 13.6. The van der Waals surface area contributed by atoms with E-state index < -0.39 is 0 Å². The van der Waals surface area contributed by atoms with Crippen LogP contribution in [0.2, 0.25) is 0 Å². The first kappa shape index (κ1) is 15.7. The molecular formula is C17H32N2O2. The Bertz CT molecular complexity index is 320. The van der Waals surface area contributed by atoms with Gasteiger partial charge in [-0.2, -0.15) is 0 Å². The van der Waals surface area contributed by atoms with Crippen LogP contribution in [0.15, 0.2) is 0 Å². The smallest absolute Gasteiger partial charge is 0.0697 e. The van der Waals surface area contributed by atoms with Crippen molar-refractivity contribution in [3.05, 3.63) is 0 Å². The Kier molecular flexibility index (Phi) is 5.54. The third-order valence-electron chi connectivity index (χ3n) is 5.71. The molecule has 0 aromatic heterocycles. The predicted octanol–water partition coefficient (Wildman–Crippen LogP) is 2.04. The molecule has 1 saturated carbocycles. The van der Waals surface area contributed by atoms with Crippen molar-refractivity contribution >= 4 is 0 Å². The molecule has 1 aliphatic carbocycles. The summed E-state index contributed by atoms with van der Waals surface area (Å²) in [5.74, 6) is 0.816. The molecule has 21 heavy (non-hydrogen) atoms. The molecule has 1 N–H and O–H groups in total. The summed E-state index contributed by atoms with van der Waals surface area (Å²) in [5.41, 5.74) is 0.284. The molecule has 0 radical (unpaired) electrons. The fourth-order valence-electron chi connectivity index (χ4n) is 4.31. The van der Waals surface area contributed by atoms with Gasteiger partial charge in [0.15, 0.2) is 0 Å². The summed E-state index contributed by atoms with van der Waals surface area (Å²) in [6.07, 6.45) is 9.26. The van der Waals surface area contributed by atoms with Gasteiger partial charge < -0.3 is 14.8 Å². The number of rotatable bonds is 6. The lowest BCUT2D eigenvalue weighted by molar-refractivity contribution is -0.151. The van der Waals surface area contributed by atoms with E-state index in [9.17, 15) is 0 Å². The number of nitrogens with one attached hydrogen (secondary N) is 1. The molecule has 0 amide bonds. The van der Waals surface area contributed by atoms with Gasteiger partial charge in [0.1, 0.15) is 0 Å². The minimum absolute atomic E-state index is 0.284. The second kappa shape index (κ2) is 7.40. The summed E-state index contributed by atoms with van der Waals surface area (Å²) >= 11 is 0. The van der Waals surface area contributed by atoms with Crippen LogP contribution in [0.25, 0.3) is 0 Å². The van der Waals surface area contributed by atoms with Crippen LogP contribution >= 0.6 is 0 Å². The van der Waals surface area contributed by atoms with Gasteiger partial charge in [-0.05, 0) is 64.0 Å². The van der Waals surface area contributed by atoms with Crippen LogP contribution in [0, 0.1) is 5.92 Å². The number of likely N-dealkylation sites (tertiary alicyclic amines) is 1. The summed E-state index contributed by atoms with van der Waals surface area (Å²) in [6.45, 7) is 6.51. The lowest BCUT2D eigenvalue weighted by Crippen LogP contribution is -2.54. The van der Waals surface area contributed by atoms with E-state index in [1.54, 1.807) is 7.11 Å². The van der Waals surface area contributed by atoms with E-state index in [-0.39, 0.29) is 5.60 Å². The van der Waals surface area contributed by atoms with Crippen molar-refractivity contribution in [2.75, 3.05) is 46.5 Å². The van der Waals surface area contributed by atoms with Crippen molar-refractivity contribution in [2.45, 2.75) is 56.6 Å². The van der Waals surface area contributed by atoms with Crippen LogP contribution in [0.5, 0.6) is 0 Å². The van der Waals surface area contributed by atoms with Crippen molar-refractivity contribution in [1.29, 1.82) is 0 Å². The van der Waals surface area contributed by atoms with Gasteiger partial charge in [-0.25, -0.2) is 0 Å². The summed E-state index contributed by atoms with van der Waals surface area (Å²) in [7, 11) is 1.77. The van der Waals surface area contributed by atoms with Crippen LogP contribution in [0.3, 0.4) is 0 Å². The first-order valence-corrected chi connectivity index (χ1v) is 8.89. The molecule has 2 saturated heterocycles. The van der Waals surface area contributed by atoms with Gasteiger partial charge in [0, 0.05) is 32.8 Å². The van der Waals surface area contributed by atoms with Crippen LogP contribution in [-0.4, -0.2) is 63.0 Å². The van der Waals surface area contributed by atoms with E-state index in [4.69, 9.17) is 9.47 Å². The second-order valence-electron chi connectivity index (χ2n) is 7.23. The molecule has 0 aromatic carbocycles. The number of hydrogen-bond acceptors (Lipinski definition) is 4. The molecule has 4 nitrogen and oxygen atoms in total. The van der Waals surface area contributed by atoms with Gasteiger partial charge in [0.2, 0.25) is 0 Å². The predicted molar refractivity (Wildman–Crippen MR) is 84.6 cm³/mol. The molecule has 3 rings (SSSR count). The average molecular weight is 296 g/mol. The normalized spacial score (nSPS) is 33.0. The molecule has 2 unspecified atom stereocenters. The quantitative estimate of drug-likeness (QED) is 0.761. The minimum atomic E-state index is 0.284. The van der Waals surface area contributed by atoms with Crippen molar-refractivity contribution in [1.82, 2.24) is 10.2 Å². The van der Waals surface area contributed by atoms with Crippen molar-refractivity contribution in [3.63, 3.8) is 0 Å². The Hall–Kier alpha value is -0.160. The molecule has 4 heteroatoms. The van der Waals surface area contributed by atoms with E-state index in [0.717, 1.165) is 38.3 Å². The van der Waals surface area contributed by atoms with Crippen molar-refractivity contribution in [2.24, 2.45) is 5.92 Å². The fraction of sp³-hybridized carbons (Fsp3) is 1.00. The van der Waals surface area contributed by atoms with Crippen LogP contribution in [-0.2, 0) is 9.47 Å². The molecule has 3 aliphatic rings. The topological polar surface area (TPSA) is 33.7 Å². The maximum Gasteiger partial charge on any atom is 0.0697 e. The summed E-state index contributed by atoms with van der Waals surface area (Å²) in [6, 6.07) is 0.779. The van der Waals surface area contributed by atoms with E-state index >= 15 is 0 Å². The number of hydrogen-bond donors (Lipinski definition) is 1. The largest absolute Gasteiger partial charge is 0.383 e. The highest BCUT2D eigenvalue weighted by Crippen LogP contribution is 2.43. The highest BCUT2D eigenvalue weighted by atomic mass is 16.5. The fourth-order valence-corrected chi connectivity index (χ4v) is 4.31. The third kappa shape index (κ3) is 3.98. The maximum absolute atomic E-state index is 6.09. The Morgan fingerprint density at radius 2 is 2.19 bits per heavy atom. The lowest BCUT2D eigenvalue weighted by atomic mass is 9.73. The third-order valence-corrected chi connectivity index (χ3v) is 5.71. The van der Waals surface area contributed by atoms with Crippen LogP contribution in [0.1, 0.15) is 44.9 Å². The van der Waals surface area contributed by atoms with E-state index in [0.29, 0.717) is 0 Å². The number of methoxy groups -OCH3 is 1. The van der Waals surface area contributed by atoms with Crippen molar-refractivity contribution in [3.8, 4) is 0 Å². The number of piperidine rings is 1. The molecule has 0 bridgehead atoms. The van der Waals surface area contributed by atoms with E-state index in [2.05, 4.69) is 10.2 Å². The Balaban J connectivity index is 1.44. The molecule has 2 aliphatic heterocycles. The van der Waals surface area contributed by atoms with Gasteiger partial charge in [-0.1, -0.05) is 0 Å². The lowest BCUT2D eigenvalue weighted by Gasteiger charge is -2.50. The molecule has 2 heterocycles. The first-order chi connectivity index (χ1) is 10.3. The van der Waals surface area contributed by atoms with E-state index in [1.165, 1.54) is 58.0 Å². The van der Waals surface area contributed by atoms with Crippen LogP contribution < -0.4 is 5.32 Å². The first-order valence-electron chi connectivity index (χ1n) is 8.89. The molecular weight excluding hydrogens is 264 g/mol. The van der Waals surface area contributed by atoms with Crippen LogP contribution in [0.4, 0.5) is 0 Å². The highest BCUT2D eigenvalue weighted by molar-refractivity contribution is 4.97. The van der Waals surface area contributed by atoms with Gasteiger partial charge in [-0.15, -0.1) is 0 Å². The zero-order chi connectivity index (χ0) is 14.5. The highest BCUT2D eigenvalue weighted by Gasteiger charge is 2.44. The van der Waals surface area contributed by atoms with Gasteiger partial charge in [0.25, 0.3) is 0 Å². The monoisotopic (exact) mass is 296 g/mol. The molecule has 2 atom stereocenters. The average Bonchev–Trinajstić information content (AvgIpc) is 2.51. The number of nitrogens with zero attached hydrogens (tertiary/aromatic N) is 1. The minimum Gasteiger partial charge on any atom is -0.383 e. The Morgan fingerprint density at radius 1 is 1.29 bits per heavy atom. The second-order valence-corrected chi connectivity index (χ2v) is 7.23. The SMILES string of the molecule is COCCNCC1CCCN(C2CCOC3(CCC3)C2)C1. The van der Waals surface area contributed by atoms with Gasteiger partial charge in [0.05, 0.1) is 12.2 Å². The van der Waals surface area contributed by atoms with E-state index in [1.807, 2.05) is 0 Å². The van der Waals surface area contributed by atoms with Gasteiger partial charge >= 0.3 is 0 Å². The molecule has 0 aromatic rings. The Morgan fingerprint density at radius 3 is 2.95 bits per heavy atom. The van der Waals surface area contributed by atoms with Crippen molar-refractivity contribution < 1.29 is 9.47 Å². The molecule has 1 spiro atoms. The maximum atomic E-state index is 6.09. The summed E-state index contributed by atoms with van der Waals surface area (Å²) < 4.78 is 11.2. The number of ether oxygens (including phenoxy) is 2. The standard InChI is InChI=1S/C17H32N2O2/c1-20-11-8-18-13-15-4-2-9-19(14-15)16-5-10-21-17(12-16)6-3-7-17/h15-16,18H,2-14H2,1H3. The Labute approximate surface area is 129 Å². The van der Waals surface area contributed by atoms with Gasteiger partial charge in [-0.3, -0.25) is 4.90 Å². The summed E-state index contributed by atoms with van der Waals surface area (Å²) in [5, 5.41) is 3.54. The summed E-state index contributed by atoms with van der Waals surface area (Å²) in [4.78, 5) is 2.77. The zero-order valence-corrected chi connectivity index (χ0v) is 13.6. The molecule has 122 valence electrons.